The summed E-state index contributed by atoms with van der Waals surface area (Å²) in [6, 6.07) is 12.3. The summed E-state index contributed by atoms with van der Waals surface area (Å²) >= 11 is 0. The molecule has 4 nitrogen and oxygen atoms in total. The molecule has 4 rings (SSSR count). The maximum Gasteiger partial charge on any atom is 0.256 e. The molecule has 2 aromatic rings. The Balaban J connectivity index is 1.36. The molecule has 0 aromatic heterocycles. The van der Waals surface area contributed by atoms with Crippen molar-refractivity contribution in [3.63, 3.8) is 0 Å². The van der Waals surface area contributed by atoms with Gasteiger partial charge in [0.2, 0.25) is 0 Å². The Hall–Kier alpha value is -2.40. The van der Waals surface area contributed by atoms with E-state index in [0.717, 1.165) is 18.6 Å². The van der Waals surface area contributed by atoms with Crippen molar-refractivity contribution in [1.82, 2.24) is 4.90 Å². The third-order valence-corrected chi connectivity index (χ3v) is 5.04. The van der Waals surface area contributed by atoms with Crippen LogP contribution >= 0.6 is 0 Å². The van der Waals surface area contributed by atoms with Gasteiger partial charge in [-0.25, -0.2) is 4.39 Å². The summed E-state index contributed by atoms with van der Waals surface area (Å²) in [4.78, 5) is 14.2. The molecular formula is C21H22FNO3. The van der Waals surface area contributed by atoms with Crippen LogP contribution in [-0.2, 0) is 17.6 Å². The van der Waals surface area contributed by atoms with Gasteiger partial charge in [0.05, 0.1) is 18.7 Å². The lowest BCUT2D eigenvalue weighted by Crippen LogP contribution is -2.47. The van der Waals surface area contributed by atoms with Crippen molar-refractivity contribution in [3.8, 4) is 5.75 Å². The van der Waals surface area contributed by atoms with E-state index in [9.17, 15) is 9.18 Å². The molecule has 1 heterocycles. The number of carbonyl (C=O) groups excluding carboxylic acids is 1. The first-order valence-corrected chi connectivity index (χ1v) is 9.11. The smallest absolute Gasteiger partial charge is 0.256 e. The number of amides is 1. The van der Waals surface area contributed by atoms with Gasteiger partial charge in [-0.3, -0.25) is 4.79 Å². The molecule has 0 radical (unpaired) electrons. The van der Waals surface area contributed by atoms with Crippen LogP contribution in [-0.4, -0.2) is 43.2 Å². The van der Waals surface area contributed by atoms with Crippen LogP contribution in [0.2, 0.25) is 0 Å². The summed E-state index contributed by atoms with van der Waals surface area (Å²) in [5.74, 6) is 0.0515. The largest absolute Gasteiger partial charge is 0.491 e. The quantitative estimate of drug-likeness (QED) is 0.845. The highest BCUT2D eigenvalue weighted by atomic mass is 19.1. The molecular weight excluding hydrogens is 333 g/mol. The van der Waals surface area contributed by atoms with Gasteiger partial charge in [-0.1, -0.05) is 18.2 Å². The van der Waals surface area contributed by atoms with Crippen LogP contribution in [0.5, 0.6) is 5.75 Å². The summed E-state index contributed by atoms with van der Waals surface area (Å²) in [5, 5.41) is 0. The Morgan fingerprint density at radius 1 is 1.19 bits per heavy atom. The Kier molecular flexibility index (Phi) is 4.89. The molecule has 0 N–H and O–H groups in total. The van der Waals surface area contributed by atoms with Crippen molar-refractivity contribution < 1.29 is 18.7 Å². The Morgan fingerprint density at radius 3 is 2.92 bits per heavy atom. The second-order valence-corrected chi connectivity index (χ2v) is 6.82. The van der Waals surface area contributed by atoms with E-state index in [0.29, 0.717) is 26.3 Å². The Morgan fingerprint density at radius 2 is 2.04 bits per heavy atom. The van der Waals surface area contributed by atoms with E-state index in [2.05, 4.69) is 12.1 Å². The molecule has 1 saturated heterocycles. The number of morpholine rings is 1. The zero-order chi connectivity index (χ0) is 17.9. The molecule has 5 heteroatoms. The van der Waals surface area contributed by atoms with Crippen LogP contribution in [0.25, 0.3) is 0 Å². The van der Waals surface area contributed by atoms with Crippen LogP contribution in [0.15, 0.2) is 42.5 Å². The number of benzene rings is 2. The lowest BCUT2D eigenvalue weighted by atomic mass is 10.1. The third-order valence-electron chi connectivity index (χ3n) is 5.04. The first kappa shape index (κ1) is 17.0. The van der Waals surface area contributed by atoms with E-state index in [-0.39, 0.29) is 17.6 Å². The zero-order valence-corrected chi connectivity index (χ0v) is 14.6. The normalized spacial score (nSPS) is 19.3. The van der Waals surface area contributed by atoms with Crippen molar-refractivity contribution in [1.29, 1.82) is 0 Å². The van der Waals surface area contributed by atoms with E-state index in [1.165, 1.54) is 29.7 Å². The summed E-state index contributed by atoms with van der Waals surface area (Å²) in [6.45, 7) is 1.67. The molecule has 0 saturated carbocycles. The van der Waals surface area contributed by atoms with E-state index in [4.69, 9.17) is 9.47 Å². The summed E-state index contributed by atoms with van der Waals surface area (Å²) in [5.41, 5.74) is 2.88. The highest BCUT2D eigenvalue weighted by Crippen LogP contribution is 2.26. The van der Waals surface area contributed by atoms with Crippen molar-refractivity contribution >= 4 is 5.91 Å². The number of carbonyl (C=O) groups is 1. The predicted octanol–water partition coefficient (Wildman–Crippen LogP) is 3.23. The number of aryl methyl sites for hydroxylation is 2. The number of halogens is 1. The summed E-state index contributed by atoms with van der Waals surface area (Å²) in [6.07, 6.45) is 3.25. The van der Waals surface area contributed by atoms with Crippen molar-refractivity contribution in [2.24, 2.45) is 0 Å². The van der Waals surface area contributed by atoms with Gasteiger partial charge in [-0.05, 0) is 54.7 Å². The van der Waals surface area contributed by atoms with E-state index in [1.54, 1.807) is 17.0 Å². The molecule has 1 atom stereocenters. The number of fused-ring (bicyclic) bond motifs is 1. The number of hydrogen-bond acceptors (Lipinski definition) is 3. The van der Waals surface area contributed by atoms with Crippen LogP contribution in [0.3, 0.4) is 0 Å². The van der Waals surface area contributed by atoms with Gasteiger partial charge in [-0.15, -0.1) is 0 Å². The van der Waals surface area contributed by atoms with Crippen LogP contribution < -0.4 is 4.74 Å². The Labute approximate surface area is 152 Å². The average Bonchev–Trinajstić information content (AvgIpc) is 3.14. The monoisotopic (exact) mass is 355 g/mol. The van der Waals surface area contributed by atoms with Crippen LogP contribution in [0.1, 0.15) is 27.9 Å². The lowest BCUT2D eigenvalue weighted by molar-refractivity contribution is -0.0402. The lowest BCUT2D eigenvalue weighted by Gasteiger charge is -2.33. The number of ether oxygens (including phenoxy) is 2. The second kappa shape index (κ2) is 7.46. The van der Waals surface area contributed by atoms with Crippen molar-refractivity contribution in [3.05, 3.63) is 65.0 Å². The molecule has 0 bridgehead atoms. The summed E-state index contributed by atoms with van der Waals surface area (Å²) < 4.78 is 25.5. The average molecular weight is 355 g/mol. The topological polar surface area (TPSA) is 38.8 Å². The number of rotatable bonds is 4. The van der Waals surface area contributed by atoms with E-state index < -0.39 is 5.82 Å². The second-order valence-electron chi connectivity index (χ2n) is 6.82. The van der Waals surface area contributed by atoms with Gasteiger partial charge in [-0.2, -0.15) is 0 Å². The number of nitrogens with zero attached hydrogens (tertiary/aromatic N) is 1. The van der Waals surface area contributed by atoms with Gasteiger partial charge in [0, 0.05) is 6.54 Å². The fourth-order valence-electron chi connectivity index (χ4n) is 3.64. The molecule has 136 valence electrons. The van der Waals surface area contributed by atoms with Gasteiger partial charge in [0.15, 0.2) is 0 Å². The molecule has 2 aromatic carbocycles. The first-order chi connectivity index (χ1) is 12.7. The molecule has 1 unspecified atom stereocenters. The molecule has 1 aliphatic carbocycles. The van der Waals surface area contributed by atoms with Gasteiger partial charge in [0.1, 0.15) is 24.3 Å². The minimum Gasteiger partial charge on any atom is -0.491 e. The maximum absolute atomic E-state index is 13.9. The van der Waals surface area contributed by atoms with Gasteiger partial charge >= 0.3 is 0 Å². The minimum atomic E-state index is -0.491. The minimum absolute atomic E-state index is 0.104. The standard InChI is InChI=1S/C21H22FNO3/c22-20-7-2-1-6-19(20)21(24)23-10-11-25-18(13-23)14-26-17-9-8-15-4-3-5-16(15)12-17/h1-2,6-9,12,18H,3-5,10-11,13-14H2. The fraction of sp³-hybridized carbons (Fsp3) is 0.381. The molecule has 2 aliphatic rings. The molecule has 0 spiro atoms. The van der Waals surface area contributed by atoms with Crippen molar-refractivity contribution in [2.75, 3.05) is 26.3 Å². The van der Waals surface area contributed by atoms with E-state index in [1.807, 2.05) is 6.07 Å². The Bertz CT molecular complexity index is 808. The predicted molar refractivity (Wildman–Crippen MR) is 96.0 cm³/mol. The first-order valence-electron chi connectivity index (χ1n) is 9.11. The van der Waals surface area contributed by atoms with Crippen molar-refractivity contribution in [2.45, 2.75) is 25.4 Å². The maximum atomic E-state index is 13.9. The third kappa shape index (κ3) is 3.58. The van der Waals surface area contributed by atoms with Gasteiger partial charge in [0.25, 0.3) is 5.91 Å². The van der Waals surface area contributed by atoms with Crippen LogP contribution in [0, 0.1) is 5.82 Å². The molecule has 26 heavy (non-hydrogen) atoms. The highest BCUT2D eigenvalue weighted by molar-refractivity contribution is 5.94. The van der Waals surface area contributed by atoms with E-state index >= 15 is 0 Å². The van der Waals surface area contributed by atoms with Crippen LogP contribution in [0.4, 0.5) is 4.39 Å². The highest BCUT2D eigenvalue weighted by Gasteiger charge is 2.27. The zero-order valence-electron chi connectivity index (χ0n) is 14.6. The molecule has 1 amide bonds. The molecule has 1 aliphatic heterocycles. The van der Waals surface area contributed by atoms with Gasteiger partial charge < -0.3 is 14.4 Å². The summed E-state index contributed by atoms with van der Waals surface area (Å²) in [7, 11) is 0. The molecule has 1 fully saturated rings. The SMILES string of the molecule is O=C(c1ccccc1F)N1CCOC(COc2ccc3c(c2)CCC3)C1. The number of hydrogen-bond donors (Lipinski definition) is 0. The fourth-order valence-corrected chi connectivity index (χ4v) is 3.64.